The van der Waals surface area contributed by atoms with Gasteiger partial charge in [0.2, 0.25) is 0 Å². The molecule has 0 spiro atoms. The van der Waals surface area contributed by atoms with Gasteiger partial charge in [-0.05, 0) is 49.8 Å². The molecule has 0 saturated heterocycles. The zero-order valence-electron chi connectivity index (χ0n) is 12.4. The maximum atomic E-state index is 4.31. The summed E-state index contributed by atoms with van der Waals surface area (Å²) in [4.78, 5) is 0. The third kappa shape index (κ3) is 2.18. The molecule has 1 heterocycles. The van der Waals surface area contributed by atoms with Crippen molar-refractivity contribution in [1.82, 2.24) is 20.3 Å². The van der Waals surface area contributed by atoms with Gasteiger partial charge in [-0.3, -0.25) is 0 Å². The SMILES string of the molecule is CNC(c1cnnn1-c1ccccc1)C1C2CCCCC21. The molecule has 2 aliphatic rings. The lowest BCUT2D eigenvalue weighted by molar-refractivity contribution is 0.460. The molecule has 4 heteroatoms. The Morgan fingerprint density at radius 1 is 1.14 bits per heavy atom. The fourth-order valence-corrected chi connectivity index (χ4v) is 4.30. The summed E-state index contributed by atoms with van der Waals surface area (Å²) in [5, 5.41) is 12.0. The number of aromatic nitrogens is 3. The van der Waals surface area contributed by atoms with Crippen molar-refractivity contribution in [2.45, 2.75) is 31.7 Å². The van der Waals surface area contributed by atoms with Gasteiger partial charge in [-0.2, -0.15) is 0 Å². The lowest BCUT2D eigenvalue weighted by Crippen LogP contribution is -2.23. The van der Waals surface area contributed by atoms with Crippen LogP contribution >= 0.6 is 0 Å². The molecule has 1 aromatic carbocycles. The van der Waals surface area contributed by atoms with Gasteiger partial charge in [0.05, 0.1) is 23.6 Å². The van der Waals surface area contributed by atoms with Crippen LogP contribution in [0.2, 0.25) is 0 Å². The standard InChI is InChI=1S/C17H22N4/c1-18-17(16-13-9-5-6-10-14(13)16)15-11-19-20-21(15)12-7-3-2-4-8-12/h2-4,7-8,11,13-14,16-18H,5-6,9-10H2,1H3. The van der Waals surface area contributed by atoms with Gasteiger partial charge in [-0.15, -0.1) is 5.10 Å². The first kappa shape index (κ1) is 13.0. The molecule has 3 unspecified atom stereocenters. The zero-order valence-corrected chi connectivity index (χ0v) is 12.4. The monoisotopic (exact) mass is 282 g/mol. The topological polar surface area (TPSA) is 42.7 Å². The van der Waals surface area contributed by atoms with E-state index in [1.165, 1.54) is 31.4 Å². The summed E-state index contributed by atoms with van der Waals surface area (Å²) in [6, 6.07) is 10.7. The van der Waals surface area contributed by atoms with Crippen LogP contribution in [0.15, 0.2) is 36.5 Å². The lowest BCUT2D eigenvalue weighted by Gasteiger charge is -2.17. The second-order valence-electron chi connectivity index (χ2n) is 6.36. The molecular weight excluding hydrogens is 260 g/mol. The van der Waals surface area contributed by atoms with Crippen LogP contribution in [0, 0.1) is 17.8 Å². The number of hydrogen-bond donors (Lipinski definition) is 1. The highest BCUT2D eigenvalue weighted by molar-refractivity contribution is 5.33. The van der Waals surface area contributed by atoms with E-state index in [0.29, 0.717) is 6.04 Å². The number of nitrogens with one attached hydrogen (secondary N) is 1. The highest BCUT2D eigenvalue weighted by atomic mass is 15.4. The molecule has 0 aliphatic heterocycles. The molecule has 0 radical (unpaired) electrons. The van der Waals surface area contributed by atoms with Gasteiger partial charge in [0, 0.05) is 0 Å². The Labute approximate surface area is 125 Å². The summed E-state index contributed by atoms with van der Waals surface area (Å²) < 4.78 is 1.99. The molecule has 4 nitrogen and oxygen atoms in total. The van der Waals surface area contributed by atoms with Crippen LogP contribution in [-0.2, 0) is 0 Å². The molecule has 1 aromatic heterocycles. The molecule has 4 rings (SSSR count). The van der Waals surface area contributed by atoms with E-state index in [9.17, 15) is 0 Å². The molecule has 0 bridgehead atoms. The largest absolute Gasteiger partial charge is 0.311 e. The normalized spacial score (nSPS) is 28.9. The summed E-state index contributed by atoms with van der Waals surface area (Å²) in [5.74, 6) is 2.59. The quantitative estimate of drug-likeness (QED) is 0.937. The van der Waals surface area contributed by atoms with Crippen molar-refractivity contribution in [2.24, 2.45) is 17.8 Å². The molecule has 3 atom stereocenters. The first-order valence-corrected chi connectivity index (χ1v) is 8.03. The van der Waals surface area contributed by atoms with E-state index in [4.69, 9.17) is 0 Å². The molecule has 21 heavy (non-hydrogen) atoms. The van der Waals surface area contributed by atoms with Crippen molar-refractivity contribution in [3.05, 3.63) is 42.2 Å². The van der Waals surface area contributed by atoms with Gasteiger partial charge in [-0.1, -0.05) is 36.3 Å². The second kappa shape index (κ2) is 5.26. The van der Waals surface area contributed by atoms with Crippen LogP contribution in [-0.4, -0.2) is 22.0 Å². The van der Waals surface area contributed by atoms with Crippen molar-refractivity contribution in [3.8, 4) is 5.69 Å². The van der Waals surface area contributed by atoms with E-state index in [1.807, 2.05) is 29.1 Å². The molecule has 2 aliphatic carbocycles. The molecule has 110 valence electrons. The zero-order chi connectivity index (χ0) is 14.2. The minimum atomic E-state index is 0.369. The Morgan fingerprint density at radius 2 is 1.86 bits per heavy atom. The highest BCUT2D eigenvalue weighted by Crippen LogP contribution is 2.60. The molecule has 2 saturated carbocycles. The molecular formula is C17H22N4. The van der Waals surface area contributed by atoms with E-state index in [-0.39, 0.29) is 0 Å². The van der Waals surface area contributed by atoms with E-state index in [2.05, 4.69) is 34.8 Å². The van der Waals surface area contributed by atoms with Crippen LogP contribution in [0.5, 0.6) is 0 Å². The first-order chi connectivity index (χ1) is 10.4. The lowest BCUT2D eigenvalue weighted by atomic mass is 10.0. The Morgan fingerprint density at radius 3 is 2.52 bits per heavy atom. The van der Waals surface area contributed by atoms with Gasteiger partial charge in [0.15, 0.2) is 0 Å². The Kier molecular flexibility index (Phi) is 3.26. The van der Waals surface area contributed by atoms with E-state index >= 15 is 0 Å². The van der Waals surface area contributed by atoms with Crippen molar-refractivity contribution < 1.29 is 0 Å². The van der Waals surface area contributed by atoms with Gasteiger partial charge >= 0.3 is 0 Å². The van der Waals surface area contributed by atoms with E-state index < -0.39 is 0 Å². The highest BCUT2D eigenvalue weighted by Gasteiger charge is 2.54. The minimum Gasteiger partial charge on any atom is -0.311 e. The van der Waals surface area contributed by atoms with Gasteiger partial charge < -0.3 is 5.32 Å². The summed E-state index contributed by atoms with van der Waals surface area (Å²) in [7, 11) is 2.07. The van der Waals surface area contributed by atoms with Crippen molar-refractivity contribution in [2.75, 3.05) is 7.05 Å². The van der Waals surface area contributed by atoms with E-state index in [1.54, 1.807) is 0 Å². The smallest absolute Gasteiger partial charge is 0.0818 e. The predicted molar refractivity (Wildman–Crippen MR) is 82.1 cm³/mol. The second-order valence-corrected chi connectivity index (χ2v) is 6.36. The average Bonchev–Trinajstić information content (AvgIpc) is 3.05. The molecule has 2 aromatic rings. The number of nitrogens with zero attached hydrogens (tertiary/aromatic N) is 3. The number of fused-ring (bicyclic) bond motifs is 1. The fourth-order valence-electron chi connectivity index (χ4n) is 4.30. The van der Waals surface area contributed by atoms with Gasteiger partial charge in [0.25, 0.3) is 0 Å². The predicted octanol–water partition coefficient (Wildman–Crippen LogP) is 2.96. The maximum Gasteiger partial charge on any atom is 0.0818 e. The minimum absolute atomic E-state index is 0.369. The number of hydrogen-bond acceptors (Lipinski definition) is 3. The molecule has 0 amide bonds. The number of rotatable bonds is 4. The van der Waals surface area contributed by atoms with Crippen LogP contribution in [0.1, 0.15) is 37.4 Å². The third-order valence-electron chi connectivity index (χ3n) is 5.31. The van der Waals surface area contributed by atoms with Crippen molar-refractivity contribution in [3.63, 3.8) is 0 Å². The first-order valence-electron chi connectivity index (χ1n) is 8.03. The van der Waals surface area contributed by atoms with Crippen molar-refractivity contribution in [1.29, 1.82) is 0 Å². The third-order valence-corrected chi connectivity index (χ3v) is 5.31. The van der Waals surface area contributed by atoms with Crippen molar-refractivity contribution >= 4 is 0 Å². The Hall–Kier alpha value is -1.68. The van der Waals surface area contributed by atoms with Gasteiger partial charge in [0.1, 0.15) is 0 Å². The van der Waals surface area contributed by atoms with Crippen LogP contribution in [0.4, 0.5) is 0 Å². The average molecular weight is 282 g/mol. The number of benzene rings is 1. The fraction of sp³-hybridized carbons (Fsp3) is 0.529. The Bertz CT molecular complexity index is 594. The van der Waals surface area contributed by atoms with Crippen LogP contribution in [0.25, 0.3) is 5.69 Å². The summed E-state index contributed by atoms with van der Waals surface area (Å²) in [6.07, 6.45) is 7.55. The van der Waals surface area contributed by atoms with Crippen LogP contribution < -0.4 is 5.32 Å². The maximum absolute atomic E-state index is 4.31. The summed E-state index contributed by atoms with van der Waals surface area (Å²) in [6.45, 7) is 0. The van der Waals surface area contributed by atoms with Gasteiger partial charge in [-0.25, -0.2) is 4.68 Å². The molecule has 2 fully saturated rings. The Balaban J connectivity index is 1.65. The van der Waals surface area contributed by atoms with E-state index in [0.717, 1.165) is 23.4 Å². The van der Waals surface area contributed by atoms with Crippen LogP contribution in [0.3, 0.4) is 0 Å². The molecule has 1 N–H and O–H groups in total. The summed E-state index contributed by atoms with van der Waals surface area (Å²) in [5.41, 5.74) is 2.29. The number of para-hydroxylation sites is 1. The summed E-state index contributed by atoms with van der Waals surface area (Å²) >= 11 is 0.